The van der Waals surface area contributed by atoms with Crippen LogP contribution in [-0.4, -0.2) is 5.78 Å². The molecule has 100 valence electrons. The molecule has 0 saturated heterocycles. The number of aryl methyl sites for hydroxylation is 1. The molecular formula is C16H25NO. The summed E-state index contributed by atoms with van der Waals surface area (Å²) in [4.78, 5) is 12.2. The standard InChI is InChI=1S/C16H25NO/c1-4-6-7-13(5-2)11-16(18)14-8-9-15(17)12(3)10-14/h8-10,13H,4-7,11,17H2,1-3H3. The van der Waals surface area contributed by atoms with E-state index >= 15 is 0 Å². The van der Waals surface area contributed by atoms with E-state index in [2.05, 4.69) is 13.8 Å². The molecule has 0 bridgehead atoms. The van der Waals surface area contributed by atoms with E-state index in [0.717, 1.165) is 29.7 Å². The number of nitrogen functional groups attached to an aromatic ring is 1. The van der Waals surface area contributed by atoms with Gasteiger partial charge in [-0.25, -0.2) is 0 Å². The van der Waals surface area contributed by atoms with E-state index in [-0.39, 0.29) is 5.78 Å². The number of ketones is 1. The fourth-order valence-corrected chi connectivity index (χ4v) is 2.17. The average molecular weight is 247 g/mol. The van der Waals surface area contributed by atoms with Crippen molar-refractivity contribution >= 4 is 11.5 Å². The molecule has 0 aliphatic rings. The van der Waals surface area contributed by atoms with Crippen molar-refractivity contribution in [1.82, 2.24) is 0 Å². The molecule has 0 aliphatic heterocycles. The lowest BCUT2D eigenvalue weighted by atomic mass is 9.91. The van der Waals surface area contributed by atoms with E-state index in [4.69, 9.17) is 5.73 Å². The molecule has 1 aromatic carbocycles. The van der Waals surface area contributed by atoms with E-state index in [1.807, 2.05) is 25.1 Å². The molecule has 0 fully saturated rings. The lowest BCUT2D eigenvalue weighted by Gasteiger charge is -2.13. The van der Waals surface area contributed by atoms with E-state index in [1.165, 1.54) is 12.8 Å². The highest BCUT2D eigenvalue weighted by Crippen LogP contribution is 2.21. The number of carbonyl (C=O) groups excluding carboxylic acids is 1. The first-order valence-corrected chi connectivity index (χ1v) is 6.97. The van der Waals surface area contributed by atoms with Gasteiger partial charge in [-0.15, -0.1) is 0 Å². The van der Waals surface area contributed by atoms with Crippen LogP contribution in [0.1, 0.15) is 61.9 Å². The van der Waals surface area contributed by atoms with Gasteiger partial charge in [-0.2, -0.15) is 0 Å². The van der Waals surface area contributed by atoms with E-state index in [0.29, 0.717) is 12.3 Å². The van der Waals surface area contributed by atoms with Crippen molar-refractivity contribution in [3.8, 4) is 0 Å². The van der Waals surface area contributed by atoms with Gasteiger partial charge < -0.3 is 5.73 Å². The summed E-state index contributed by atoms with van der Waals surface area (Å²) < 4.78 is 0. The molecule has 0 aliphatic carbocycles. The van der Waals surface area contributed by atoms with Gasteiger partial charge in [0.15, 0.2) is 5.78 Å². The maximum Gasteiger partial charge on any atom is 0.163 e. The molecule has 0 radical (unpaired) electrons. The predicted molar refractivity (Wildman–Crippen MR) is 77.8 cm³/mol. The Bertz CT molecular complexity index is 398. The molecule has 1 atom stereocenters. The fourth-order valence-electron chi connectivity index (χ4n) is 2.17. The summed E-state index contributed by atoms with van der Waals surface area (Å²) in [5.74, 6) is 0.774. The number of rotatable bonds is 7. The van der Waals surface area contributed by atoms with E-state index in [1.54, 1.807) is 0 Å². The highest BCUT2D eigenvalue weighted by Gasteiger charge is 2.13. The summed E-state index contributed by atoms with van der Waals surface area (Å²) in [6.45, 7) is 6.31. The second-order valence-corrected chi connectivity index (χ2v) is 5.12. The number of anilines is 1. The van der Waals surface area contributed by atoms with Crippen LogP contribution >= 0.6 is 0 Å². The molecule has 0 amide bonds. The molecule has 18 heavy (non-hydrogen) atoms. The fraction of sp³-hybridized carbons (Fsp3) is 0.562. The van der Waals surface area contributed by atoms with Crippen molar-refractivity contribution in [1.29, 1.82) is 0 Å². The molecular weight excluding hydrogens is 222 g/mol. The highest BCUT2D eigenvalue weighted by molar-refractivity contribution is 5.96. The largest absolute Gasteiger partial charge is 0.399 e. The summed E-state index contributed by atoms with van der Waals surface area (Å²) in [5.41, 5.74) is 8.32. The van der Waals surface area contributed by atoms with Gasteiger partial charge in [0.1, 0.15) is 0 Å². The Labute approximate surface area is 111 Å². The van der Waals surface area contributed by atoms with Crippen LogP contribution in [0.3, 0.4) is 0 Å². The van der Waals surface area contributed by atoms with Crippen LogP contribution < -0.4 is 5.73 Å². The number of benzene rings is 1. The maximum absolute atomic E-state index is 12.2. The summed E-state index contributed by atoms with van der Waals surface area (Å²) in [5, 5.41) is 0. The normalized spacial score (nSPS) is 12.4. The van der Waals surface area contributed by atoms with Crippen molar-refractivity contribution in [2.24, 2.45) is 5.92 Å². The number of unbranched alkanes of at least 4 members (excludes halogenated alkanes) is 1. The van der Waals surface area contributed by atoms with Crippen molar-refractivity contribution in [2.45, 2.75) is 52.9 Å². The highest BCUT2D eigenvalue weighted by atomic mass is 16.1. The molecule has 0 saturated carbocycles. The maximum atomic E-state index is 12.2. The van der Waals surface area contributed by atoms with Crippen LogP contribution in [-0.2, 0) is 0 Å². The first kappa shape index (κ1) is 14.7. The van der Waals surface area contributed by atoms with Gasteiger partial charge in [-0.1, -0.05) is 39.5 Å². The first-order chi connectivity index (χ1) is 8.58. The Morgan fingerprint density at radius 1 is 1.33 bits per heavy atom. The third-order valence-electron chi connectivity index (χ3n) is 3.61. The topological polar surface area (TPSA) is 43.1 Å². The van der Waals surface area contributed by atoms with Crippen LogP contribution in [0.25, 0.3) is 0 Å². The summed E-state index contributed by atoms with van der Waals surface area (Å²) in [6, 6.07) is 5.58. The molecule has 2 N–H and O–H groups in total. The number of Topliss-reactive ketones (excluding diaryl/α,β-unsaturated/α-hetero) is 1. The molecule has 0 aromatic heterocycles. The average Bonchev–Trinajstić information content (AvgIpc) is 2.37. The second kappa shape index (κ2) is 7.20. The van der Waals surface area contributed by atoms with Crippen LogP contribution in [0.2, 0.25) is 0 Å². The molecule has 1 unspecified atom stereocenters. The zero-order valence-corrected chi connectivity index (χ0v) is 11.8. The Kier molecular flexibility index (Phi) is 5.90. The zero-order valence-electron chi connectivity index (χ0n) is 11.8. The van der Waals surface area contributed by atoms with E-state index in [9.17, 15) is 4.79 Å². The number of nitrogens with two attached hydrogens (primary N) is 1. The molecule has 1 aromatic rings. The molecule has 0 spiro atoms. The minimum Gasteiger partial charge on any atom is -0.399 e. The summed E-state index contributed by atoms with van der Waals surface area (Å²) >= 11 is 0. The van der Waals surface area contributed by atoms with Crippen molar-refractivity contribution in [3.05, 3.63) is 29.3 Å². The van der Waals surface area contributed by atoms with Crippen LogP contribution in [0.4, 0.5) is 5.69 Å². The van der Waals surface area contributed by atoms with Crippen LogP contribution in [0.15, 0.2) is 18.2 Å². The van der Waals surface area contributed by atoms with Gasteiger partial charge >= 0.3 is 0 Å². The van der Waals surface area contributed by atoms with Gasteiger partial charge in [0.2, 0.25) is 0 Å². The van der Waals surface area contributed by atoms with Gasteiger partial charge in [0, 0.05) is 17.7 Å². The monoisotopic (exact) mass is 247 g/mol. The molecule has 0 heterocycles. The Balaban J connectivity index is 2.65. The van der Waals surface area contributed by atoms with Gasteiger partial charge in [0.25, 0.3) is 0 Å². The lowest BCUT2D eigenvalue weighted by Crippen LogP contribution is -2.09. The SMILES string of the molecule is CCCCC(CC)CC(=O)c1ccc(N)c(C)c1. The molecule has 2 heteroatoms. The minimum absolute atomic E-state index is 0.251. The van der Waals surface area contributed by atoms with Gasteiger partial charge in [-0.3, -0.25) is 4.79 Å². The molecule has 1 rings (SSSR count). The van der Waals surface area contributed by atoms with Gasteiger partial charge in [-0.05, 0) is 36.6 Å². The van der Waals surface area contributed by atoms with E-state index < -0.39 is 0 Å². The van der Waals surface area contributed by atoms with Crippen LogP contribution in [0, 0.1) is 12.8 Å². The van der Waals surface area contributed by atoms with Crippen LogP contribution in [0.5, 0.6) is 0 Å². The van der Waals surface area contributed by atoms with Gasteiger partial charge in [0.05, 0.1) is 0 Å². The van der Waals surface area contributed by atoms with Crippen molar-refractivity contribution in [3.63, 3.8) is 0 Å². The van der Waals surface area contributed by atoms with Crippen molar-refractivity contribution in [2.75, 3.05) is 5.73 Å². The Morgan fingerprint density at radius 2 is 2.06 bits per heavy atom. The number of hydrogen-bond donors (Lipinski definition) is 1. The third kappa shape index (κ3) is 4.17. The second-order valence-electron chi connectivity index (χ2n) is 5.12. The zero-order chi connectivity index (χ0) is 13.5. The first-order valence-electron chi connectivity index (χ1n) is 6.97. The number of hydrogen-bond acceptors (Lipinski definition) is 2. The summed E-state index contributed by atoms with van der Waals surface area (Å²) in [6.07, 6.45) is 5.32. The Morgan fingerprint density at radius 3 is 2.61 bits per heavy atom. The molecule has 2 nitrogen and oxygen atoms in total. The number of carbonyl (C=O) groups is 1. The minimum atomic E-state index is 0.251. The third-order valence-corrected chi connectivity index (χ3v) is 3.61. The summed E-state index contributed by atoms with van der Waals surface area (Å²) in [7, 11) is 0. The lowest BCUT2D eigenvalue weighted by molar-refractivity contribution is 0.0957. The quantitative estimate of drug-likeness (QED) is 0.574. The van der Waals surface area contributed by atoms with Crippen molar-refractivity contribution < 1.29 is 4.79 Å². The predicted octanol–water partition coefficient (Wildman–Crippen LogP) is 4.37. The Hall–Kier alpha value is -1.31. The smallest absolute Gasteiger partial charge is 0.163 e.